The molecular formula is C21H20BrN5O3. The van der Waals surface area contributed by atoms with Crippen molar-refractivity contribution in [3.63, 3.8) is 0 Å². The summed E-state index contributed by atoms with van der Waals surface area (Å²) in [7, 11) is 0. The Labute approximate surface area is 182 Å². The van der Waals surface area contributed by atoms with Crippen LogP contribution in [0.25, 0.3) is 11.3 Å². The molecule has 0 saturated carbocycles. The summed E-state index contributed by atoms with van der Waals surface area (Å²) in [6.07, 6.45) is 1.76. The number of piperazine rings is 1. The Morgan fingerprint density at radius 2 is 1.83 bits per heavy atom. The Hall–Kier alpha value is -3.20. The second kappa shape index (κ2) is 9.08. The molecular weight excluding hydrogens is 450 g/mol. The van der Waals surface area contributed by atoms with Crippen LogP contribution in [0.1, 0.15) is 10.5 Å². The first kappa shape index (κ1) is 20.1. The molecule has 3 aromatic rings. The van der Waals surface area contributed by atoms with Crippen LogP contribution in [0.4, 0.5) is 5.82 Å². The molecule has 0 aliphatic carbocycles. The van der Waals surface area contributed by atoms with Crippen LogP contribution in [-0.4, -0.2) is 59.6 Å². The fourth-order valence-electron chi connectivity index (χ4n) is 3.22. The summed E-state index contributed by atoms with van der Waals surface area (Å²) >= 11 is 3.38. The van der Waals surface area contributed by atoms with E-state index in [9.17, 15) is 9.59 Å². The van der Waals surface area contributed by atoms with E-state index in [0.717, 1.165) is 15.9 Å². The first-order chi connectivity index (χ1) is 14.6. The van der Waals surface area contributed by atoms with Gasteiger partial charge in [0.15, 0.2) is 11.5 Å². The number of pyridine rings is 1. The Balaban J connectivity index is 1.26. The molecule has 4 rings (SSSR count). The zero-order chi connectivity index (χ0) is 20.9. The number of benzene rings is 1. The lowest BCUT2D eigenvalue weighted by molar-refractivity contribution is -0.130. The number of nitrogens with one attached hydrogen (secondary N) is 1. The van der Waals surface area contributed by atoms with Crippen molar-refractivity contribution in [2.24, 2.45) is 0 Å². The van der Waals surface area contributed by atoms with Crippen LogP contribution in [0.3, 0.4) is 0 Å². The fourth-order valence-corrected chi connectivity index (χ4v) is 3.45. The van der Waals surface area contributed by atoms with Gasteiger partial charge in [0.25, 0.3) is 5.91 Å². The Morgan fingerprint density at radius 1 is 1.07 bits per heavy atom. The zero-order valence-corrected chi connectivity index (χ0v) is 17.7. The third kappa shape index (κ3) is 4.68. The lowest BCUT2D eigenvalue weighted by atomic mass is 10.1. The van der Waals surface area contributed by atoms with Gasteiger partial charge in [-0.15, -0.1) is 0 Å². The number of carbonyl (C=O) groups excluding carboxylic acids is 2. The smallest absolute Gasteiger partial charge is 0.273 e. The molecule has 0 bridgehead atoms. The summed E-state index contributed by atoms with van der Waals surface area (Å²) in [5, 5.41) is 6.43. The number of amides is 2. The average molecular weight is 470 g/mol. The largest absolute Gasteiger partial charge is 0.355 e. The van der Waals surface area contributed by atoms with Crippen molar-refractivity contribution in [1.82, 2.24) is 20.4 Å². The number of hydrogen-bond donors (Lipinski definition) is 1. The molecule has 1 aliphatic rings. The highest BCUT2D eigenvalue weighted by Crippen LogP contribution is 2.20. The van der Waals surface area contributed by atoms with Crippen LogP contribution in [0.15, 0.2) is 63.7 Å². The van der Waals surface area contributed by atoms with E-state index >= 15 is 0 Å². The van der Waals surface area contributed by atoms with Gasteiger partial charge >= 0.3 is 0 Å². The highest BCUT2D eigenvalue weighted by molar-refractivity contribution is 9.10. The molecule has 0 radical (unpaired) electrons. The van der Waals surface area contributed by atoms with Crippen LogP contribution in [0.2, 0.25) is 0 Å². The van der Waals surface area contributed by atoms with Crippen molar-refractivity contribution >= 4 is 33.6 Å². The summed E-state index contributed by atoms with van der Waals surface area (Å²) in [6.45, 7) is 2.46. The van der Waals surface area contributed by atoms with E-state index in [1.807, 2.05) is 42.5 Å². The van der Waals surface area contributed by atoms with Crippen molar-refractivity contribution < 1.29 is 14.1 Å². The van der Waals surface area contributed by atoms with E-state index in [-0.39, 0.29) is 18.1 Å². The standard InChI is InChI=1S/C21H20BrN5O3/c22-16-6-7-19(23-13-16)26-8-10-27(11-9-26)20(28)14-24-21(29)17-12-18(30-25-17)15-4-2-1-3-5-15/h1-7,12-13H,8-11,14H2,(H,24,29). The molecule has 8 nitrogen and oxygen atoms in total. The van der Waals surface area contributed by atoms with Crippen molar-refractivity contribution in [2.45, 2.75) is 0 Å². The molecule has 0 spiro atoms. The first-order valence-electron chi connectivity index (χ1n) is 9.55. The van der Waals surface area contributed by atoms with Crippen LogP contribution >= 0.6 is 15.9 Å². The molecule has 1 aliphatic heterocycles. The molecule has 3 heterocycles. The quantitative estimate of drug-likeness (QED) is 0.617. The van der Waals surface area contributed by atoms with E-state index in [4.69, 9.17) is 4.52 Å². The average Bonchev–Trinajstić information content (AvgIpc) is 3.29. The topological polar surface area (TPSA) is 91.6 Å². The normalized spacial score (nSPS) is 13.9. The minimum absolute atomic E-state index is 0.0805. The molecule has 2 aromatic heterocycles. The summed E-state index contributed by atoms with van der Waals surface area (Å²) in [5.74, 6) is 0.828. The van der Waals surface area contributed by atoms with Crippen LogP contribution in [0.5, 0.6) is 0 Å². The number of nitrogens with zero attached hydrogens (tertiary/aromatic N) is 4. The van der Waals surface area contributed by atoms with Gasteiger partial charge in [-0.25, -0.2) is 4.98 Å². The third-order valence-electron chi connectivity index (χ3n) is 4.87. The number of rotatable bonds is 5. The Kier molecular flexibility index (Phi) is 6.08. The summed E-state index contributed by atoms with van der Waals surface area (Å²) in [6, 6.07) is 14.9. The maximum Gasteiger partial charge on any atom is 0.273 e. The van der Waals surface area contributed by atoms with Crippen molar-refractivity contribution in [1.29, 1.82) is 0 Å². The molecule has 0 unspecified atom stereocenters. The van der Waals surface area contributed by atoms with Crippen LogP contribution in [0, 0.1) is 0 Å². The lowest BCUT2D eigenvalue weighted by Gasteiger charge is -2.35. The van der Waals surface area contributed by atoms with Gasteiger partial charge in [0.1, 0.15) is 5.82 Å². The van der Waals surface area contributed by atoms with E-state index in [1.165, 1.54) is 0 Å². The van der Waals surface area contributed by atoms with Gasteiger partial charge in [0.2, 0.25) is 5.91 Å². The SMILES string of the molecule is O=C(NCC(=O)N1CCN(c2ccc(Br)cn2)CC1)c1cc(-c2ccccc2)on1. The highest BCUT2D eigenvalue weighted by atomic mass is 79.9. The molecule has 1 saturated heterocycles. The van der Waals surface area contributed by atoms with Gasteiger partial charge < -0.3 is 19.6 Å². The van der Waals surface area contributed by atoms with Crippen molar-refractivity contribution in [3.8, 4) is 11.3 Å². The van der Waals surface area contributed by atoms with Gasteiger partial charge in [-0.2, -0.15) is 0 Å². The van der Waals surface area contributed by atoms with Crippen LogP contribution in [-0.2, 0) is 4.79 Å². The molecule has 30 heavy (non-hydrogen) atoms. The number of carbonyl (C=O) groups is 2. The van der Waals surface area contributed by atoms with Gasteiger partial charge in [0.05, 0.1) is 6.54 Å². The maximum atomic E-state index is 12.5. The van der Waals surface area contributed by atoms with Crippen molar-refractivity contribution in [3.05, 3.63) is 64.9 Å². The highest BCUT2D eigenvalue weighted by Gasteiger charge is 2.23. The zero-order valence-electron chi connectivity index (χ0n) is 16.1. The Bertz CT molecular complexity index is 1010. The molecule has 1 aromatic carbocycles. The minimum Gasteiger partial charge on any atom is -0.355 e. The summed E-state index contributed by atoms with van der Waals surface area (Å²) in [4.78, 5) is 33.1. The fraction of sp³-hybridized carbons (Fsp3) is 0.238. The maximum absolute atomic E-state index is 12.5. The second-order valence-corrected chi connectivity index (χ2v) is 7.74. The second-order valence-electron chi connectivity index (χ2n) is 6.83. The van der Waals surface area contributed by atoms with Gasteiger partial charge in [-0.3, -0.25) is 9.59 Å². The molecule has 9 heteroatoms. The van der Waals surface area contributed by atoms with Crippen LogP contribution < -0.4 is 10.2 Å². The minimum atomic E-state index is -0.438. The van der Waals surface area contributed by atoms with Gasteiger partial charge in [0, 0.05) is 48.5 Å². The predicted octanol–water partition coefficient (Wildman–Crippen LogP) is 2.58. The number of aromatic nitrogens is 2. The number of halogens is 1. The third-order valence-corrected chi connectivity index (χ3v) is 5.34. The summed E-state index contributed by atoms with van der Waals surface area (Å²) in [5.41, 5.74) is 0.978. The summed E-state index contributed by atoms with van der Waals surface area (Å²) < 4.78 is 6.17. The lowest BCUT2D eigenvalue weighted by Crippen LogP contribution is -2.51. The van der Waals surface area contributed by atoms with Crippen molar-refractivity contribution in [2.75, 3.05) is 37.6 Å². The molecule has 1 N–H and O–H groups in total. The monoisotopic (exact) mass is 469 g/mol. The first-order valence-corrected chi connectivity index (χ1v) is 10.3. The van der Waals surface area contributed by atoms with E-state index in [0.29, 0.717) is 31.9 Å². The van der Waals surface area contributed by atoms with Gasteiger partial charge in [-0.1, -0.05) is 35.5 Å². The number of hydrogen-bond acceptors (Lipinski definition) is 6. The predicted molar refractivity (Wildman–Crippen MR) is 115 cm³/mol. The molecule has 1 fully saturated rings. The Morgan fingerprint density at radius 3 is 2.53 bits per heavy atom. The van der Waals surface area contributed by atoms with E-state index in [1.54, 1.807) is 17.2 Å². The van der Waals surface area contributed by atoms with Gasteiger partial charge in [-0.05, 0) is 28.1 Å². The molecule has 154 valence electrons. The number of anilines is 1. The van der Waals surface area contributed by atoms with E-state index in [2.05, 4.69) is 36.3 Å². The molecule has 2 amide bonds. The van der Waals surface area contributed by atoms with E-state index < -0.39 is 5.91 Å². The molecule has 0 atom stereocenters.